The Morgan fingerprint density at radius 1 is 0.861 bits per heavy atom. The average molecular weight is 554 g/mol. The van der Waals surface area contributed by atoms with Gasteiger partial charge in [-0.1, -0.05) is 23.2 Å². The van der Waals surface area contributed by atoms with Crippen molar-refractivity contribution in [3.8, 4) is 11.6 Å². The van der Waals surface area contributed by atoms with Crippen molar-refractivity contribution in [2.45, 2.75) is 12.5 Å². The number of rotatable bonds is 6. The second kappa shape index (κ2) is 12.5. The zero-order valence-electron chi connectivity index (χ0n) is 18.9. The van der Waals surface area contributed by atoms with Crippen molar-refractivity contribution < 1.29 is 24.2 Å². The monoisotopic (exact) mass is 552 g/mol. The third-order valence-electron chi connectivity index (χ3n) is 4.49. The molecule has 0 saturated heterocycles. The minimum atomic E-state index is -0.580. The summed E-state index contributed by atoms with van der Waals surface area (Å²) >= 11 is 17.7. The molecule has 0 amide bonds. The summed E-state index contributed by atoms with van der Waals surface area (Å²) in [5, 5.41) is 18.0. The number of carbonyl (C=O) groups is 2. The van der Waals surface area contributed by atoms with Crippen LogP contribution in [0.4, 0.5) is 0 Å². The maximum atomic E-state index is 11.7. The average Bonchev–Trinajstić information content (AvgIpc) is 3.53. The smallest absolute Gasteiger partial charge is 0.356 e. The number of alkyl halides is 1. The highest BCUT2D eigenvalue weighted by atomic mass is 35.5. The number of nitrogens with zero attached hydrogens (tertiary/aromatic N) is 6. The summed E-state index contributed by atoms with van der Waals surface area (Å²) in [6, 6.07) is 9.62. The van der Waals surface area contributed by atoms with Gasteiger partial charge in [-0.3, -0.25) is 0 Å². The van der Waals surface area contributed by atoms with Gasteiger partial charge in [-0.25, -0.2) is 28.9 Å². The minimum Gasteiger partial charge on any atom is -0.464 e. The molecule has 36 heavy (non-hydrogen) atoms. The molecule has 188 valence electrons. The molecule has 0 atom stereocenters. The van der Waals surface area contributed by atoms with E-state index in [0.717, 1.165) is 0 Å². The number of hydrogen-bond donors (Lipinski definition) is 1. The molecule has 0 saturated carbocycles. The maximum Gasteiger partial charge on any atom is 0.356 e. The Morgan fingerprint density at radius 3 is 1.69 bits per heavy atom. The van der Waals surface area contributed by atoms with Crippen LogP contribution in [0.1, 0.15) is 32.4 Å². The normalized spacial score (nSPS) is 10.4. The number of esters is 2. The van der Waals surface area contributed by atoms with Gasteiger partial charge in [-0.2, -0.15) is 10.2 Å². The molecule has 0 unspecified atom stereocenters. The van der Waals surface area contributed by atoms with Crippen molar-refractivity contribution in [3.05, 3.63) is 81.6 Å². The van der Waals surface area contributed by atoms with Crippen molar-refractivity contribution in [3.63, 3.8) is 0 Å². The molecule has 0 aliphatic carbocycles. The second-order valence-electron chi connectivity index (χ2n) is 6.76. The van der Waals surface area contributed by atoms with Crippen molar-refractivity contribution in [1.29, 1.82) is 0 Å². The van der Waals surface area contributed by atoms with E-state index < -0.39 is 11.9 Å². The number of aliphatic hydroxyl groups is 1. The van der Waals surface area contributed by atoms with E-state index in [2.05, 4.69) is 29.6 Å². The molecule has 0 fully saturated rings. The molecule has 0 bridgehead atoms. The summed E-state index contributed by atoms with van der Waals surface area (Å²) < 4.78 is 11.9. The Bertz CT molecular complexity index is 1270. The van der Waals surface area contributed by atoms with Gasteiger partial charge in [0.1, 0.15) is 0 Å². The highest BCUT2D eigenvalue weighted by Crippen LogP contribution is 2.21. The molecule has 0 aliphatic rings. The van der Waals surface area contributed by atoms with Crippen LogP contribution in [-0.4, -0.2) is 60.8 Å². The Balaban J connectivity index is 0.000000201. The third kappa shape index (κ3) is 6.00. The van der Waals surface area contributed by atoms with Gasteiger partial charge in [0, 0.05) is 12.4 Å². The molecule has 0 radical (unpaired) electrons. The predicted molar refractivity (Wildman–Crippen MR) is 131 cm³/mol. The molecule has 4 aromatic rings. The first-order chi connectivity index (χ1) is 17.3. The van der Waals surface area contributed by atoms with Gasteiger partial charge in [0.15, 0.2) is 23.0 Å². The summed E-state index contributed by atoms with van der Waals surface area (Å²) in [6.07, 6.45) is 3.09. The van der Waals surface area contributed by atoms with E-state index in [1.807, 2.05) is 0 Å². The van der Waals surface area contributed by atoms with Crippen LogP contribution >= 0.6 is 34.8 Å². The maximum absolute atomic E-state index is 11.7. The van der Waals surface area contributed by atoms with Gasteiger partial charge >= 0.3 is 11.9 Å². The Hall–Kier alpha value is -3.51. The van der Waals surface area contributed by atoms with Crippen molar-refractivity contribution >= 4 is 46.7 Å². The van der Waals surface area contributed by atoms with E-state index >= 15 is 0 Å². The number of aromatic nitrogens is 6. The SMILES string of the molecule is COC(=O)c1cc(CCl)nn1-c1ncccc1Cl.COC(=O)c1cc(CO)nn1-c1ncccc1Cl. The van der Waals surface area contributed by atoms with E-state index in [1.54, 1.807) is 36.5 Å². The van der Waals surface area contributed by atoms with E-state index in [-0.39, 0.29) is 23.9 Å². The summed E-state index contributed by atoms with van der Waals surface area (Å²) in [5.74, 6) is -0.263. The van der Waals surface area contributed by atoms with Crippen LogP contribution < -0.4 is 0 Å². The van der Waals surface area contributed by atoms with Crippen LogP contribution in [0.3, 0.4) is 0 Å². The van der Waals surface area contributed by atoms with Gasteiger partial charge in [0.25, 0.3) is 0 Å². The molecular formula is C22H19Cl3N6O5. The van der Waals surface area contributed by atoms with E-state index in [1.165, 1.54) is 35.8 Å². The van der Waals surface area contributed by atoms with Crippen molar-refractivity contribution in [2.75, 3.05) is 14.2 Å². The molecule has 4 heterocycles. The van der Waals surface area contributed by atoms with Gasteiger partial charge in [-0.05, 0) is 36.4 Å². The summed E-state index contributed by atoms with van der Waals surface area (Å²) in [7, 11) is 2.55. The first-order valence-corrected chi connectivity index (χ1v) is 11.4. The number of hydrogen-bond acceptors (Lipinski definition) is 9. The van der Waals surface area contributed by atoms with Gasteiger partial charge < -0.3 is 14.6 Å². The molecule has 0 aromatic carbocycles. The zero-order chi connectivity index (χ0) is 26.2. The summed E-state index contributed by atoms with van der Waals surface area (Å²) in [6.45, 7) is -0.290. The fourth-order valence-corrected chi connectivity index (χ4v) is 3.43. The topological polar surface area (TPSA) is 134 Å². The molecular weight excluding hydrogens is 535 g/mol. The van der Waals surface area contributed by atoms with E-state index in [0.29, 0.717) is 33.1 Å². The van der Waals surface area contributed by atoms with Crippen LogP contribution in [0.25, 0.3) is 11.6 Å². The molecule has 0 aliphatic heterocycles. The number of aliphatic hydroxyl groups excluding tert-OH is 1. The fourth-order valence-electron chi connectivity index (χ4n) is 2.89. The molecule has 4 aromatic heterocycles. The highest BCUT2D eigenvalue weighted by molar-refractivity contribution is 6.32. The lowest BCUT2D eigenvalue weighted by Gasteiger charge is -2.06. The van der Waals surface area contributed by atoms with E-state index in [4.69, 9.17) is 39.9 Å². The van der Waals surface area contributed by atoms with E-state index in [9.17, 15) is 9.59 Å². The zero-order valence-corrected chi connectivity index (χ0v) is 21.2. The number of pyridine rings is 2. The standard InChI is InChI=1S/C11H9Cl2N3O2.C11H10ClN3O3/c1-18-11(17)9-5-7(6-12)15-16(9)10-8(13)3-2-4-14-10;1-18-11(17)9-5-7(6-16)14-15(9)10-8(12)3-2-4-13-10/h2-5H,6H2,1H3;2-5,16H,6H2,1H3. The Kier molecular flexibility index (Phi) is 9.37. The van der Waals surface area contributed by atoms with Crippen LogP contribution in [0.5, 0.6) is 0 Å². The number of halogens is 3. The van der Waals surface area contributed by atoms with Crippen LogP contribution in [-0.2, 0) is 22.0 Å². The lowest BCUT2D eigenvalue weighted by Crippen LogP contribution is -2.11. The molecule has 1 N–H and O–H groups in total. The summed E-state index contributed by atoms with van der Waals surface area (Å²) in [4.78, 5) is 31.4. The lowest BCUT2D eigenvalue weighted by molar-refractivity contribution is 0.0581. The second-order valence-corrected chi connectivity index (χ2v) is 7.84. The highest BCUT2D eigenvalue weighted by Gasteiger charge is 2.20. The molecule has 0 spiro atoms. The Morgan fingerprint density at radius 2 is 1.31 bits per heavy atom. The van der Waals surface area contributed by atoms with Crippen molar-refractivity contribution in [1.82, 2.24) is 29.5 Å². The third-order valence-corrected chi connectivity index (χ3v) is 5.35. The first-order valence-electron chi connectivity index (χ1n) is 10.1. The predicted octanol–water partition coefficient (Wildman–Crippen LogP) is 3.65. The lowest BCUT2D eigenvalue weighted by atomic mass is 10.3. The Labute approximate surface area is 220 Å². The number of carbonyl (C=O) groups excluding carboxylic acids is 2. The minimum absolute atomic E-state index is 0.155. The fraction of sp³-hybridized carbons (Fsp3) is 0.182. The van der Waals surface area contributed by atoms with Crippen LogP contribution in [0.2, 0.25) is 10.0 Å². The molecule has 4 rings (SSSR count). The van der Waals surface area contributed by atoms with Gasteiger partial charge in [0.05, 0.1) is 48.1 Å². The number of ether oxygens (including phenoxy) is 2. The summed E-state index contributed by atoms with van der Waals surface area (Å²) in [5.41, 5.74) is 1.26. The molecule has 11 nitrogen and oxygen atoms in total. The van der Waals surface area contributed by atoms with Crippen LogP contribution in [0.15, 0.2) is 48.8 Å². The van der Waals surface area contributed by atoms with Crippen LogP contribution in [0, 0.1) is 0 Å². The quantitative estimate of drug-likeness (QED) is 0.280. The largest absolute Gasteiger partial charge is 0.464 e. The van der Waals surface area contributed by atoms with Gasteiger partial charge in [0.2, 0.25) is 0 Å². The number of methoxy groups -OCH3 is 2. The van der Waals surface area contributed by atoms with Crippen molar-refractivity contribution in [2.24, 2.45) is 0 Å². The van der Waals surface area contributed by atoms with Gasteiger partial charge in [-0.15, -0.1) is 11.6 Å². The molecule has 14 heteroatoms. The first kappa shape index (κ1) is 27.1.